The lowest BCUT2D eigenvalue weighted by atomic mass is 10.2. The Morgan fingerprint density at radius 1 is 1.41 bits per heavy atom. The molecule has 0 saturated carbocycles. The smallest absolute Gasteiger partial charge is 0.232 e. The molecule has 3 nitrogen and oxygen atoms in total. The normalized spacial score (nSPS) is 11.8. The van der Waals surface area contributed by atoms with Gasteiger partial charge in [-0.2, -0.15) is 0 Å². The van der Waals surface area contributed by atoms with Crippen molar-refractivity contribution in [2.45, 2.75) is 20.3 Å². The Balaban J connectivity index is 2.73. The highest BCUT2D eigenvalue weighted by Gasteiger charge is 2.12. The first-order valence-corrected chi connectivity index (χ1v) is 7.29. The van der Waals surface area contributed by atoms with E-state index in [9.17, 15) is 12.8 Å². The third kappa shape index (κ3) is 4.91. The molecular weight excluding hydrogens is 265 g/mol. The number of hydrogen-bond acceptors (Lipinski definition) is 2. The maximum atomic E-state index is 12.9. The van der Waals surface area contributed by atoms with Gasteiger partial charge in [-0.05, 0) is 30.5 Å². The van der Waals surface area contributed by atoms with Crippen LogP contribution in [0.2, 0.25) is 5.02 Å². The minimum Gasteiger partial charge on any atom is -0.284 e. The first-order valence-electron chi connectivity index (χ1n) is 5.26. The van der Waals surface area contributed by atoms with Gasteiger partial charge >= 0.3 is 0 Å². The quantitative estimate of drug-likeness (QED) is 0.899. The summed E-state index contributed by atoms with van der Waals surface area (Å²) in [5.41, 5.74) is 0.278. The molecule has 0 aliphatic rings. The Morgan fingerprint density at radius 3 is 2.59 bits per heavy atom. The van der Waals surface area contributed by atoms with Gasteiger partial charge in [0.2, 0.25) is 10.0 Å². The molecule has 1 aromatic rings. The highest BCUT2D eigenvalue weighted by atomic mass is 35.5. The van der Waals surface area contributed by atoms with E-state index in [1.807, 2.05) is 13.8 Å². The summed E-state index contributed by atoms with van der Waals surface area (Å²) in [5.74, 6) is -0.222. The summed E-state index contributed by atoms with van der Waals surface area (Å²) in [7, 11) is -3.39. The average Bonchev–Trinajstić information content (AvgIpc) is 2.21. The fourth-order valence-corrected chi connectivity index (χ4v) is 2.73. The third-order valence-corrected chi connectivity index (χ3v) is 3.77. The highest BCUT2D eigenvalue weighted by molar-refractivity contribution is 7.92. The van der Waals surface area contributed by atoms with Crippen LogP contribution in [-0.2, 0) is 10.0 Å². The SMILES string of the molecule is CC(C)CCS(=O)(=O)Nc1ccc(F)c(Cl)c1. The molecule has 0 bridgehead atoms. The van der Waals surface area contributed by atoms with Crippen molar-refractivity contribution in [1.82, 2.24) is 0 Å². The van der Waals surface area contributed by atoms with Crippen LogP contribution in [0, 0.1) is 11.7 Å². The van der Waals surface area contributed by atoms with E-state index in [4.69, 9.17) is 11.6 Å². The zero-order valence-electron chi connectivity index (χ0n) is 9.70. The third-order valence-electron chi connectivity index (χ3n) is 2.16. The lowest BCUT2D eigenvalue weighted by Gasteiger charge is -2.09. The molecule has 0 amide bonds. The first kappa shape index (κ1) is 14.3. The number of benzene rings is 1. The fourth-order valence-electron chi connectivity index (χ4n) is 1.18. The predicted octanol–water partition coefficient (Wildman–Crippen LogP) is 3.27. The van der Waals surface area contributed by atoms with E-state index in [0.717, 1.165) is 6.07 Å². The van der Waals surface area contributed by atoms with Gasteiger partial charge in [0.1, 0.15) is 5.82 Å². The lowest BCUT2D eigenvalue weighted by molar-refractivity contribution is 0.578. The first-order chi connectivity index (χ1) is 7.80. The zero-order valence-corrected chi connectivity index (χ0v) is 11.3. The summed E-state index contributed by atoms with van der Waals surface area (Å²) in [6, 6.07) is 3.72. The molecule has 6 heteroatoms. The second-order valence-electron chi connectivity index (χ2n) is 4.23. The molecule has 0 unspecified atom stereocenters. The number of anilines is 1. The van der Waals surface area contributed by atoms with Gasteiger partial charge in [-0.15, -0.1) is 0 Å². The summed E-state index contributed by atoms with van der Waals surface area (Å²) < 4.78 is 38.5. The molecule has 0 aromatic heterocycles. The van der Waals surface area contributed by atoms with Crippen LogP contribution in [0.1, 0.15) is 20.3 Å². The molecule has 0 fully saturated rings. The van der Waals surface area contributed by atoms with Crippen molar-refractivity contribution < 1.29 is 12.8 Å². The maximum absolute atomic E-state index is 12.9. The summed E-state index contributed by atoms with van der Waals surface area (Å²) >= 11 is 5.56. The Morgan fingerprint density at radius 2 is 2.06 bits per heavy atom. The monoisotopic (exact) mass is 279 g/mol. The van der Waals surface area contributed by atoms with Crippen LogP contribution in [0.5, 0.6) is 0 Å². The molecule has 0 atom stereocenters. The van der Waals surface area contributed by atoms with Gasteiger partial charge < -0.3 is 0 Å². The molecule has 0 aliphatic carbocycles. The molecule has 0 spiro atoms. The van der Waals surface area contributed by atoms with Crippen molar-refractivity contribution in [2.75, 3.05) is 10.5 Å². The summed E-state index contributed by atoms with van der Waals surface area (Å²) in [6.07, 6.45) is 0.574. The van der Waals surface area contributed by atoms with Gasteiger partial charge in [0.15, 0.2) is 0 Å². The number of sulfonamides is 1. The minimum atomic E-state index is -3.39. The summed E-state index contributed by atoms with van der Waals surface area (Å²) in [6.45, 7) is 3.90. The second-order valence-corrected chi connectivity index (χ2v) is 6.48. The van der Waals surface area contributed by atoms with Crippen molar-refractivity contribution in [2.24, 2.45) is 5.92 Å². The van der Waals surface area contributed by atoms with Crippen LogP contribution in [0.15, 0.2) is 18.2 Å². The minimum absolute atomic E-state index is 0.0413. The van der Waals surface area contributed by atoms with Gasteiger partial charge in [-0.3, -0.25) is 4.72 Å². The van der Waals surface area contributed by atoms with Crippen LogP contribution >= 0.6 is 11.6 Å². The molecule has 96 valence electrons. The summed E-state index contributed by atoms with van der Waals surface area (Å²) in [4.78, 5) is 0. The van der Waals surface area contributed by atoms with E-state index in [-0.39, 0.29) is 16.5 Å². The van der Waals surface area contributed by atoms with Gasteiger partial charge in [0.05, 0.1) is 16.5 Å². The molecule has 17 heavy (non-hydrogen) atoms. The van der Waals surface area contributed by atoms with Crippen LogP contribution in [0.3, 0.4) is 0 Å². The number of nitrogens with one attached hydrogen (secondary N) is 1. The standard InChI is InChI=1S/C11H15ClFNO2S/c1-8(2)5-6-17(15,16)14-9-3-4-11(13)10(12)7-9/h3-4,7-8,14H,5-6H2,1-2H3. The number of rotatable bonds is 5. The van der Waals surface area contributed by atoms with E-state index in [1.54, 1.807) is 0 Å². The van der Waals surface area contributed by atoms with Crippen molar-refractivity contribution in [3.8, 4) is 0 Å². The predicted molar refractivity (Wildman–Crippen MR) is 68.3 cm³/mol. The van der Waals surface area contributed by atoms with Crippen LogP contribution in [0.25, 0.3) is 0 Å². The van der Waals surface area contributed by atoms with Crippen molar-refractivity contribution in [3.05, 3.63) is 29.0 Å². The Hall–Kier alpha value is -0.810. The number of hydrogen-bond donors (Lipinski definition) is 1. The molecule has 1 rings (SSSR count). The van der Waals surface area contributed by atoms with Crippen molar-refractivity contribution in [3.63, 3.8) is 0 Å². The molecule has 1 N–H and O–H groups in total. The lowest BCUT2D eigenvalue weighted by Crippen LogP contribution is -2.17. The van der Waals surface area contributed by atoms with E-state index >= 15 is 0 Å². The highest BCUT2D eigenvalue weighted by Crippen LogP contribution is 2.20. The summed E-state index contributed by atoms with van der Waals surface area (Å²) in [5, 5.41) is -0.103. The fraction of sp³-hybridized carbons (Fsp3) is 0.455. The second kappa shape index (κ2) is 5.69. The van der Waals surface area contributed by atoms with E-state index in [2.05, 4.69) is 4.72 Å². The molecule has 1 aromatic carbocycles. The van der Waals surface area contributed by atoms with Gasteiger partial charge in [-0.1, -0.05) is 25.4 Å². The van der Waals surface area contributed by atoms with Gasteiger partial charge in [-0.25, -0.2) is 12.8 Å². The van der Waals surface area contributed by atoms with Crippen LogP contribution in [0.4, 0.5) is 10.1 Å². The Bertz CT molecular complexity index is 488. The largest absolute Gasteiger partial charge is 0.284 e. The van der Waals surface area contributed by atoms with E-state index in [0.29, 0.717) is 12.3 Å². The zero-order chi connectivity index (χ0) is 13.1. The van der Waals surface area contributed by atoms with Crippen molar-refractivity contribution in [1.29, 1.82) is 0 Å². The molecule has 0 saturated heterocycles. The molecule has 0 aliphatic heterocycles. The van der Waals surface area contributed by atoms with Gasteiger partial charge in [0, 0.05) is 0 Å². The van der Waals surface area contributed by atoms with E-state index in [1.165, 1.54) is 12.1 Å². The van der Waals surface area contributed by atoms with Gasteiger partial charge in [0.25, 0.3) is 0 Å². The topological polar surface area (TPSA) is 46.2 Å². The Kier molecular flexibility index (Phi) is 4.77. The van der Waals surface area contributed by atoms with Crippen molar-refractivity contribution >= 4 is 27.3 Å². The Labute approximate surface area is 106 Å². The molecular formula is C11H15ClFNO2S. The van der Waals surface area contributed by atoms with Crippen LogP contribution in [-0.4, -0.2) is 14.2 Å². The molecule has 0 heterocycles. The molecule has 0 radical (unpaired) electrons. The number of halogens is 2. The maximum Gasteiger partial charge on any atom is 0.232 e. The average molecular weight is 280 g/mol. The van der Waals surface area contributed by atoms with Crippen LogP contribution < -0.4 is 4.72 Å². The van der Waals surface area contributed by atoms with E-state index < -0.39 is 15.8 Å².